The summed E-state index contributed by atoms with van der Waals surface area (Å²) in [5.41, 5.74) is 1.62. The largest absolute Gasteiger partial charge is 0.348 e. The molecular formula is C12H17FN2O. The maximum Gasteiger partial charge on any atom is 0.268 e. The second-order valence-corrected chi connectivity index (χ2v) is 4.54. The lowest BCUT2D eigenvalue weighted by atomic mass is 10.2. The number of aromatic nitrogens is 1. The molecule has 0 aliphatic heterocycles. The summed E-state index contributed by atoms with van der Waals surface area (Å²) in [6.45, 7) is 1.90. The van der Waals surface area contributed by atoms with E-state index in [4.69, 9.17) is 0 Å². The maximum atomic E-state index is 13.0. The Morgan fingerprint density at radius 3 is 2.81 bits per heavy atom. The van der Waals surface area contributed by atoms with Crippen molar-refractivity contribution in [3.8, 4) is 0 Å². The predicted octanol–water partition coefficient (Wildman–Crippen LogP) is 1.95. The summed E-state index contributed by atoms with van der Waals surface area (Å²) in [6.07, 6.45) is 2.87. The molecule has 1 saturated carbocycles. The lowest BCUT2D eigenvalue weighted by Crippen LogP contribution is -2.34. The van der Waals surface area contributed by atoms with Gasteiger partial charge >= 0.3 is 0 Å². The Morgan fingerprint density at radius 2 is 2.31 bits per heavy atom. The van der Waals surface area contributed by atoms with Crippen LogP contribution in [0.4, 0.5) is 4.39 Å². The lowest BCUT2D eigenvalue weighted by Gasteiger charge is -2.13. The zero-order chi connectivity index (χ0) is 11.7. The van der Waals surface area contributed by atoms with E-state index in [-0.39, 0.29) is 11.9 Å². The maximum absolute atomic E-state index is 13.0. The van der Waals surface area contributed by atoms with Crippen molar-refractivity contribution < 1.29 is 9.18 Å². The van der Waals surface area contributed by atoms with E-state index in [1.807, 2.05) is 26.2 Å². The molecule has 1 aromatic heterocycles. The average Bonchev–Trinajstić information content (AvgIpc) is 2.74. The SMILES string of the molecule is Cc1ccn(C)c1C(=O)N[C@H]1CC[C@H](F)C1. The van der Waals surface area contributed by atoms with Gasteiger partial charge in [-0.25, -0.2) is 4.39 Å². The Bertz CT molecular complexity index is 380. The van der Waals surface area contributed by atoms with Crippen LogP contribution in [-0.4, -0.2) is 22.7 Å². The summed E-state index contributed by atoms with van der Waals surface area (Å²) in [4.78, 5) is 12.0. The number of amides is 1. The molecule has 1 fully saturated rings. The van der Waals surface area contributed by atoms with Crippen LogP contribution in [0.25, 0.3) is 0 Å². The second kappa shape index (κ2) is 4.28. The third kappa shape index (κ3) is 2.10. The van der Waals surface area contributed by atoms with Gasteiger partial charge in [-0.15, -0.1) is 0 Å². The van der Waals surface area contributed by atoms with Crippen molar-refractivity contribution in [1.82, 2.24) is 9.88 Å². The van der Waals surface area contributed by atoms with E-state index < -0.39 is 6.17 Å². The second-order valence-electron chi connectivity index (χ2n) is 4.54. The Labute approximate surface area is 94.6 Å². The van der Waals surface area contributed by atoms with Gasteiger partial charge in [-0.05, 0) is 37.8 Å². The van der Waals surface area contributed by atoms with Crippen molar-refractivity contribution >= 4 is 5.91 Å². The van der Waals surface area contributed by atoms with Crippen LogP contribution in [0.3, 0.4) is 0 Å². The number of aryl methyl sites for hydroxylation is 2. The van der Waals surface area contributed by atoms with Crippen LogP contribution < -0.4 is 5.32 Å². The number of nitrogens with one attached hydrogen (secondary N) is 1. The monoisotopic (exact) mass is 224 g/mol. The zero-order valence-electron chi connectivity index (χ0n) is 9.66. The normalized spacial score (nSPS) is 24.7. The fourth-order valence-electron chi connectivity index (χ4n) is 2.31. The molecule has 0 aromatic carbocycles. The standard InChI is InChI=1S/C12H17FN2O/c1-8-5-6-15(2)11(8)12(16)14-10-4-3-9(13)7-10/h5-6,9-10H,3-4,7H2,1-2H3,(H,14,16)/t9-,10-/m0/s1. The highest BCUT2D eigenvalue weighted by Gasteiger charge is 2.26. The van der Waals surface area contributed by atoms with Crippen LogP contribution in [0.2, 0.25) is 0 Å². The minimum absolute atomic E-state index is 0.00296. The summed E-state index contributed by atoms with van der Waals surface area (Å²) >= 11 is 0. The number of hydrogen-bond donors (Lipinski definition) is 1. The van der Waals surface area contributed by atoms with Crippen molar-refractivity contribution in [2.75, 3.05) is 0 Å². The van der Waals surface area contributed by atoms with Gasteiger partial charge in [0.2, 0.25) is 0 Å². The van der Waals surface area contributed by atoms with Crippen LogP contribution >= 0.6 is 0 Å². The number of rotatable bonds is 2. The van der Waals surface area contributed by atoms with E-state index in [1.165, 1.54) is 0 Å². The van der Waals surface area contributed by atoms with Crippen LogP contribution in [0.5, 0.6) is 0 Å². The third-order valence-electron chi connectivity index (χ3n) is 3.19. The zero-order valence-corrected chi connectivity index (χ0v) is 9.66. The summed E-state index contributed by atoms with van der Waals surface area (Å²) in [5.74, 6) is -0.0934. The van der Waals surface area contributed by atoms with Crippen molar-refractivity contribution in [2.45, 2.75) is 38.4 Å². The Hall–Kier alpha value is -1.32. The molecule has 3 nitrogen and oxygen atoms in total. The molecule has 1 N–H and O–H groups in total. The van der Waals surface area contributed by atoms with E-state index in [0.717, 1.165) is 12.0 Å². The number of hydrogen-bond acceptors (Lipinski definition) is 1. The van der Waals surface area contributed by atoms with E-state index in [0.29, 0.717) is 18.5 Å². The van der Waals surface area contributed by atoms with Gasteiger partial charge in [0.05, 0.1) is 0 Å². The van der Waals surface area contributed by atoms with E-state index in [1.54, 1.807) is 4.57 Å². The highest BCUT2D eigenvalue weighted by molar-refractivity contribution is 5.94. The van der Waals surface area contributed by atoms with Gasteiger partial charge in [0.25, 0.3) is 5.91 Å². The minimum Gasteiger partial charge on any atom is -0.348 e. The molecule has 1 aliphatic carbocycles. The molecule has 2 atom stereocenters. The lowest BCUT2D eigenvalue weighted by molar-refractivity contribution is 0.0928. The summed E-state index contributed by atoms with van der Waals surface area (Å²) in [6, 6.07) is 1.90. The Balaban J connectivity index is 2.03. The smallest absolute Gasteiger partial charge is 0.268 e. The first-order valence-corrected chi connectivity index (χ1v) is 5.65. The molecule has 1 amide bonds. The minimum atomic E-state index is -0.750. The summed E-state index contributed by atoms with van der Waals surface area (Å²) in [5, 5.41) is 2.89. The molecule has 88 valence electrons. The first-order chi connectivity index (χ1) is 7.58. The first-order valence-electron chi connectivity index (χ1n) is 5.65. The molecule has 0 radical (unpaired) electrons. The molecule has 2 rings (SSSR count). The molecule has 0 spiro atoms. The molecule has 1 aliphatic rings. The highest BCUT2D eigenvalue weighted by Crippen LogP contribution is 2.22. The predicted molar refractivity (Wildman–Crippen MR) is 60.2 cm³/mol. The fourth-order valence-corrected chi connectivity index (χ4v) is 2.31. The van der Waals surface area contributed by atoms with Gasteiger partial charge in [-0.1, -0.05) is 0 Å². The number of halogens is 1. The fraction of sp³-hybridized carbons (Fsp3) is 0.583. The first kappa shape index (κ1) is 11.2. The van der Waals surface area contributed by atoms with Gasteiger partial charge in [0.1, 0.15) is 11.9 Å². The summed E-state index contributed by atoms with van der Waals surface area (Å²) < 4.78 is 14.8. The quantitative estimate of drug-likeness (QED) is 0.818. The van der Waals surface area contributed by atoms with Gasteiger partial charge in [-0.2, -0.15) is 0 Å². The van der Waals surface area contributed by atoms with Gasteiger partial charge in [0, 0.05) is 19.3 Å². The van der Waals surface area contributed by atoms with E-state index >= 15 is 0 Å². The third-order valence-corrected chi connectivity index (χ3v) is 3.19. The van der Waals surface area contributed by atoms with Crippen LogP contribution in [0.1, 0.15) is 35.3 Å². The highest BCUT2D eigenvalue weighted by atomic mass is 19.1. The van der Waals surface area contributed by atoms with Gasteiger partial charge in [-0.3, -0.25) is 4.79 Å². The van der Waals surface area contributed by atoms with Crippen LogP contribution in [-0.2, 0) is 7.05 Å². The van der Waals surface area contributed by atoms with E-state index in [9.17, 15) is 9.18 Å². The molecule has 0 saturated heterocycles. The van der Waals surface area contributed by atoms with Crippen LogP contribution in [0.15, 0.2) is 12.3 Å². The Kier molecular flexibility index (Phi) is 2.99. The molecule has 1 heterocycles. The number of nitrogens with zero attached hydrogens (tertiary/aromatic N) is 1. The van der Waals surface area contributed by atoms with Crippen molar-refractivity contribution in [1.29, 1.82) is 0 Å². The van der Waals surface area contributed by atoms with Crippen molar-refractivity contribution in [3.63, 3.8) is 0 Å². The Morgan fingerprint density at radius 1 is 1.56 bits per heavy atom. The number of carbonyl (C=O) groups excluding carboxylic acids is 1. The number of alkyl halides is 1. The molecule has 0 unspecified atom stereocenters. The molecule has 0 bridgehead atoms. The van der Waals surface area contributed by atoms with Crippen LogP contribution in [0, 0.1) is 6.92 Å². The number of carbonyl (C=O) groups is 1. The molecular weight excluding hydrogens is 207 g/mol. The van der Waals surface area contributed by atoms with Gasteiger partial charge in [0.15, 0.2) is 0 Å². The molecule has 1 aromatic rings. The topological polar surface area (TPSA) is 34.0 Å². The average molecular weight is 224 g/mol. The van der Waals surface area contributed by atoms with Crippen molar-refractivity contribution in [2.24, 2.45) is 7.05 Å². The van der Waals surface area contributed by atoms with Crippen molar-refractivity contribution in [3.05, 3.63) is 23.5 Å². The van der Waals surface area contributed by atoms with Gasteiger partial charge < -0.3 is 9.88 Å². The molecule has 4 heteroatoms. The summed E-state index contributed by atoms with van der Waals surface area (Å²) in [7, 11) is 1.84. The van der Waals surface area contributed by atoms with E-state index in [2.05, 4.69) is 5.32 Å². The molecule has 16 heavy (non-hydrogen) atoms.